The minimum absolute atomic E-state index is 0.0263. The first-order valence-electron chi connectivity index (χ1n) is 11.4. The first kappa shape index (κ1) is 24.6. The molecule has 182 valence electrons. The van der Waals surface area contributed by atoms with Crippen molar-refractivity contribution in [3.63, 3.8) is 0 Å². The van der Waals surface area contributed by atoms with Crippen LogP contribution in [0.2, 0.25) is 5.02 Å². The summed E-state index contributed by atoms with van der Waals surface area (Å²) in [5.74, 6) is -0.0708. The molecule has 2 heterocycles. The number of allylic oxidation sites excluding steroid dienone is 1. The van der Waals surface area contributed by atoms with Gasteiger partial charge in [0.15, 0.2) is 5.82 Å². The summed E-state index contributed by atoms with van der Waals surface area (Å²) in [6, 6.07) is 4.81. The zero-order chi connectivity index (χ0) is 25.1. The topological polar surface area (TPSA) is 95.6 Å². The fraction of sp³-hybridized carbons (Fsp3) is 0.269. The number of piperazine rings is 1. The van der Waals surface area contributed by atoms with Crippen LogP contribution in [0.5, 0.6) is 5.75 Å². The molecule has 1 amide bonds. The lowest BCUT2D eigenvalue weighted by molar-refractivity contribution is -0.126. The van der Waals surface area contributed by atoms with Gasteiger partial charge in [0.05, 0.1) is 5.02 Å². The van der Waals surface area contributed by atoms with Crippen LogP contribution in [-0.2, 0) is 4.79 Å². The molecular formula is C26H27ClFN5O2. The molecule has 0 aliphatic carbocycles. The number of amides is 1. The number of anilines is 1. The molecule has 0 spiro atoms. The number of nitrogens with two attached hydrogens (primary N) is 1. The zero-order valence-corrected chi connectivity index (χ0v) is 20.4. The van der Waals surface area contributed by atoms with Crippen molar-refractivity contribution in [2.45, 2.75) is 13.8 Å². The molecule has 7 nitrogen and oxygen atoms in total. The van der Waals surface area contributed by atoms with Crippen molar-refractivity contribution in [2.24, 2.45) is 5.73 Å². The van der Waals surface area contributed by atoms with Crippen molar-refractivity contribution in [3.05, 3.63) is 64.7 Å². The molecule has 1 fully saturated rings. The lowest BCUT2D eigenvalue weighted by atomic mass is 9.93. The van der Waals surface area contributed by atoms with E-state index in [2.05, 4.69) is 9.97 Å². The minimum atomic E-state index is -0.576. The Morgan fingerprint density at radius 2 is 1.97 bits per heavy atom. The average Bonchev–Trinajstić information content (AvgIpc) is 2.84. The minimum Gasteiger partial charge on any atom is -0.508 e. The first-order valence-corrected chi connectivity index (χ1v) is 11.7. The van der Waals surface area contributed by atoms with E-state index in [9.17, 15) is 9.90 Å². The van der Waals surface area contributed by atoms with E-state index in [1.54, 1.807) is 23.1 Å². The molecule has 1 aliphatic heterocycles. The summed E-state index contributed by atoms with van der Waals surface area (Å²) in [7, 11) is 0. The zero-order valence-electron chi connectivity index (χ0n) is 19.6. The van der Waals surface area contributed by atoms with Crippen molar-refractivity contribution >= 4 is 40.3 Å². The van der Waals surface area contributed by atoms with Crippen LogP contribution >= 0.6 is 11.6 Å². The van der Waals surface area contributed by atoms with Crippen molar-refractivity contribution in [1.29, 1.82) is 0 Å². The Morgan fingerprint density at radius 3 is 2.66 bits per heavy atom. The van der Waals surface area contributed by atoms with Crippen molar-refractivity contribution in [2.75, 3.05) is 37.6 Å². The molecule has 3 N–H and O–H groups in total. The number of benzene rings is 2. The molecule has 4 rings (SSSR count). The van der Waals surface area contributed by atoms with Gasteiger partial charge in [0.1, 0.15) is 23.4 Å². The number of nitrogens with zero attached hydrogens (tertiary/aromatic N) is 4. The molecule has 0 saturated carbocycles. The van der Waals surface area contributed by atoms with Gasteiger partial charge in [-0.1, -0.05) is 29.8 Å². The molecule has 1 aromatic heterocycles. The quantitative estimate of drug-likeness (QED) is 0.512. The van der Waals surface area contributed by atoms with E-state index >= 15 is 4.39 Å². The molecular weight excluding hydrogens is 469 g/mol. The number of phenols is 1. The molecule has 9 heteroatoms. The van der Waals surface area contributed by atoms with Gasteiger partial charge in [-0.3, -0.25) is 4.79 Å². The van der Waals surface area contributed by atoms with Gasteiger partial charge in [0.25, 0.3) is 0 Å². The number of carbonyl (C=O) groups is 1. The van der Waals surface area contributed by atoms with Crippen molar-refractivity contribution in [3.8, 4) is 16.9 Å². The third kappa shape index (κ3) is 4.85. The second-order valence-electron chi connectivity index (χ2n) is 8.32. The predicted molar refractivity (Wildman–Crippen MR) is 138 cm³/mol. The Labute approximate surface area is 208 Å². The van der Waals surface area contributed by atoms with E-state index < -0.39 is 5.82 Å². The van der Waals surface area contributed by atoms with E-state index in [0.29, 0.717) is 49.5 Å². The highest BCUT2D eigenvalue weighted by molar-refractivity contribution is 6.34. The molecule has 2 aromatic carbocycles. The maximum atomic E-state index is 16.0. The summed E-state index contributed by atoms with van der Waals surface area (Å²) in [6.07, 6.45) is 8.16. The van der Waals surface area contributed by atoms with Gasteiger partial charge in [-0.25, -0.2) is 14.4 Å². The number of carbonyl (C=O) groups excluding carboxylic acids is 1. The van der Waals surface area contributed by atoms with E-state index in [0.717, 1.165) is 11.1 Å². The van der Waals surface area contributed by atoms with E-state index in [-0.39, 0.29) is 27.8 Å². The van der Waals surface area contributed by atoms with Gasteiger partial charge in [-0.15, -0.1) is 0 Å². The second-order valence-corrected chi connectivity index (χ2v) is 8.72. The third-order valence-electron chi connectivity index (χ3n) is 6.06. The summed E-state index contributed by atoms with van der Waals surface area (Å²) >= 11 is 6.65. The Bertz CT molecular complexity index is 1330. The monoisotopic (exact) mass is 495 g/mol. The van der Waals surface area contributed by atoms with Crippen LogP contribution in [0.3, 0.4) is 0 Å². The van der Waals surface area contributed by atoms with Gasteiger partial charge in [-0.2, -0.15) is 0 Å². The van der Waals surface area contributed by atoms with Crippen LogP contribution in [0, 0.1) is 12.7 Å². The maximum Gasteiger partial charge on any atom is 0.246 e. The molecule has 35 heavy (non-hydrogen) atoms. The van der Waals surface area contributed by atoms with Crippen molar-refractivity contribution in [1.82, 2.24) is 14.9 Å². The Balaban J connectivity index is 1.75. The Kier molecular flexibility index (Phi) is 7.33. The highest BCUT2D eigenvalue weighted by Gasteiger charge is 2.25. The van der Waals surface area contributed by atoms with Gasteiger partial charge in [0.2, 0.25) is 5.91 Å². The molecule has 0 bridgehead atoms. The first-order chi connectivity index (χ1) is 16.8. The number of fused-ring (bicyclic) bond motifs is 1. The highest BCUT2D eigenvalue weighted by Crippen LogP contribution is 2.41. The van der Waals surface area contributed by atoms with Crippen LogP contribution in [0.25, 0.3) is 28.1 Å². The molecule has 0 radical (unpaired) electrons. The largest absolute Gasteiger partial charge is 0.508 e. The summed E-state index contributed by atoms with van der Waals surface area (Å²) in [6.45, 7) is 6.10. The van der Waals surface area contributed by atoms with Crippen LogP contribution in [-0.4, -0.2) is 58.6 Å². The molecule has 0 atom stereocenters. The highest BCUT2D eigenvalue weighted by atomic mass is 35.5. The van der Waals surface area contributed by atoms with Crippen LogP contribution in [0.15, 0.2) is 42.8 Å². The van der Waals surface area contributed by atoms with E-state index in [1.807, 2.05) is 30.9 Å². The average molecular weight is 496 g/mol. The lowest BCUT2D eigenvalue weighted by Crippen LogP contribution is -2.48. The number of aryl methyl sites for hydroxylation is 1. The number of rotatable bonds is 5. The Morgan fingerprint density at radius 1 is 1.23 bits per heavy atom. The van der Waals surface area contributed by atoms with Gasteiger partial charge in [0, 0.05) is 49.7 Å². The fourth-order valence-corrected chi connectivity index (χ4v) is 4.70. The number of aromatic hydroxyl groups is 1. The number of hydrogen-bond donors (Lipinski definition) is 2. The van der Waals surface area contributed by atoms with Gasteiger partial charge >= 0.3 is 0 Å². The van der Waals surface area contributed by atoms with Gasteiger partial charge in [-0.05, 0) is 48.7 Å². The normalized spacial score (nSPS) is 14.5. The summed E-state index contributed by atoms with van der Waals surface area (Å²) in [4.78, 5) is 24.6. The third-order valence-corrected chi connectivity index (χ3v) is 6.36. The number of aromatic nitrogens is 2. The second kappa shape index (κ2) is 10.4. The maximum absolute atomic E-state index is 16.0. The molecule has 1 aliphatic rings. The Hall–Kier alpha value is -3.49. The SMILES string of the molecule is C/C=C\c1c(C)cc(O)cc1-c1c(Cl)cc2c(N3CCN(C(=O)/C=C/CN)CC3)ncnc2c1F. The molecule has 1 saturated heterocycles. The van der Waals surface area contributed by atoms with Crippen LogP contribution < -0.4 is 10.6 Å². The molecule has 3 aromatic rings. The van der Waals surface area contributed by atoms with E-state index in [1.165, 1.54) is 18.5 Å². The number of phenolic OH excluding ortho intramolecular Hbond substituents is 1. The summed E-state index contributed by atoms with van der Waals surface area (Å²) < 4.78 is 16.0. The molecule has 0 unspecified atom stereocenters. The fourth-order valence-electron chi connectivity index (χ4n) is 4.40. The van der Waals surface area contributed by atoms with Crippen LogP contribution in [0.1, 0.15) is 18.1 Å². The van der Waals surface area contributed by atoms with E-state index in [4.69, 9.17) is 17.3 Å². The van der Waals surface area contributed by atoms with Crippen LogP contribution in [0.4, 0.5) is 10.2 Å². The number of halogens is 2. The van der Waals surface area contributed by atoms with Gasteiger partial charge < -0.3 is 20.6 Å². The summed E-state index contributed by atoms with van der Waals surface area (Å²) in [5, 5.41) is 10.9. The summed E-state index contributed by atoms with van der Waals surface area (Å²) in [5.41, 5.74) is 7.81. The smallest absolute Gasteiger partial charge is 0.246 e. The number of hydrogen-bond acceptors (Lipinski definition) is 6. The lowest BCUT2D eigenvalue weighted by Gasteiger charge is -2.35. The predicted octanol–water partition coefficient (Wildman–Crippen LogP) is 4.30. The standard InChI is InChI=1S/C26H27ClFN5O2/c1-3-5-18-16(2)12-17(34)13-19(18)23-21(27)14-20-25(24(23)28)30-15-31-26(20)33-10-8-32(9-11-33)22(35)6-4-7-29/h3-6,12-15,34H,7-11,29H2,1-2H3/b5-3-,6-4+. The van der Waals surface area contributed by atoms with Crippen molar-refractivity contribution < 1.29 is 14.3 Å².